The number of hydrogen-bond acceptors (Lipinski definition) is 5. The van der Waals surface area contributed by atoms with Crippen molar-refractivity contribution >= 4 is 5.91 Å². The lowest BCUT2D eigenvalue weighted by atomic mass is 10.1. The Kier molecular flexibility index (Phi) is 5.38. The molecule has 1 aromatic heterocycles. The van der Waals surface area contributed by atoms with E-state index in [1.807, 2.05) is 29.2 Å². The van der Waals surface area contributed by atoms with Crippen LogP contribution in [0.4, 0.5) is 0 Å². The number of carbonyl (C=O) groups is 1. The zero-order valence-corrected chi connectivity index (χ0v) is 13.7. The van der Waals surface area contributed by atoms with Crippen LogP contribution >= 0.6 is 0 Å². The highest BCUT2D eigenvalue weighted by Crippen LogP contribution is 2.32. The van der Waals surface area contributed by atoms with Crippen LogP contribution in [0.2, 0.25) is 0 Å². The van der Waals surface area contributed by atoms with E-state index in [9.17, 15) is 4.79 Å². The Bertz CT molecular complexity index is 678. The van der Waals surface area contributed by atoms with Crippen molar-refractivity contribution in [2.45, 2.75) is 18.9 Å². The van der Waals surface area contributed by atoms with Crippen molar-refractivity contribution in [1.82, 2.24) is 14.9 Å². The molecule has 2 aromatic rings. The first-order chi connectivity index (χ1) is 11.8. The van der Waals surface area contributed by atoms with Gasteiger partial charge in [-0.2, -0.15) is 0 Å². The van der Waals surface area contributed by atoms with E-state index in [0.717, 1.165) is 25.1 Å². The Hall–Kier alpha value is -2.47. The lowest BCUT2D eigenvalue weighted by molar-refractivity contribution is 0.0732. The normalized spacial score (nSPS) is 17.0. The number of aromatic nitrogens is 2. The minimum atomic E-state index is 0.00769. The Morgan fingerprint density at radius 3 is 3.04 bits per heavy atom. The van der Waals surface area contributed by atoms with E-state index in [2.05, 4.69) is 9.97 Å². The Morgan fingerprint density at radius 2 is 2.25 bits per heavy atom. The molecule has 0 N–H and O–H groups in total. The fraction of sp³-hybridized carbons (Fsp3) is 0.389. The van der Waals surface area contributed by atoms with E-state index in [4.69, 9.17) is 9.47 Å². The molecule has 1 aliphatic rings. The second-order valence-electron chi connectivity index (χ2n) is 5.66. The minimum absolute atomic E-state index is 0.00769. The van der Waals surface area contributed by atoms with Crippen LogP contribution in [0, 0.1) is 0 Å². The minimum Gasteiger partial charge on any atom is -0.491 e. The molecular weight excluding hydrogens is 306 g/mol. The summed E-state index contributed by atoms with van der Waals surface area (Å²) < 4.78 is 10.6. The molecule has 0 spiro atoms. The van der Waals surface area contributed by atoms with Gasteiger partial charge in [0, 0.05) is 25.4 Å². The van der Waals surface area contributed by atoms with E-state index in [0.29, 0.717) is 24.5 Å². The van der Waals surface area contributed by atoms with Crippen LogP contribution in [0.1, 0.15) is 34.9 Å². The number of nitrogens with zero attached hydrogens (tertiary/aromatic N) is 3. The van der Waals surface area contributed by atoms with E-state index in [1.165, 1.54) is 6.33 Å². The largest absolute Gasteiger partial charge is 0.491 e. The van der Waals surface area contributed by atoms with Crippen LogP contribution < -0.4 is 4.74 Å². The predicted molar refractivity (Wildman–Crippen MR) is 88.9 cm³/mol. The fourth-order valence-electron chi connectivity index (χ4n) is 2.94. The van der Waals surface area contributed by atoms with Gasteiger partial charge in [0.25, 0.3) is 5.91 Å². The molecule has 0 bridgehead atoms. The summed E-state index contributed by atoms with van der Waals surface area (Å²) in [6, 6.07) is 9.18. The maximum Gasteiger partial charge on any atom is 0.254 e. The van der Waals surface area contributed by atoms with Crippen LogP contribution in [-0.4, -0.2) is 47.6 Å². The van der Waals surface area contributed by atoms with Crippen molar-refractivity contribution in [3.05, 3.63) is 54.1 Å². The Labute approximate surface area is 141 Å². The number of rotatable bonds is 6. The summed E-state index contributed by atoms with van der Waals surface area (Å²) in [5.74, 6) is 0.684. The van der Waals surface area contributed by atoms with Crippen LogP contribution in [0.3, 0.4) is 0 Å². The molecule has 24 heavy (non-hydrogen) atoms. The van der Waals surface area contributed by atoms with Gasteiger partial charge in [-0.3, -0.25) is 4.79 Å². The highest BCUT2D eigenvalue weighted by Gasteiger charge is 2.31. The van der Waals surface area contributed by atoms with Gasteiger partial charge in [0.05, 0.1) is 18.3 Å². The zero-order valence-electron chi connectivity index (χ0n) is 13.7. The first-order valence-corrected chi connectivity index (χ1v) is 8.08. The summed E-state index contributed by atoms with van der Waals surface area (Å²) in [6.45, 7) is 1.71. The summed E-state index contributed by atoms with van der Waals surface area (Å²) in [5.41, 5.74) is 1.52. The smallest absolute Gasteiger partial charge is 0.254 e. The third kappa shape index (κ3) is 3.71. The van der Waals surface area contributed by atoms with E-state index >= 15 is 0 Å². The summed E-state index contributed by atoms with van der Waals surface area (Å²) in [5, 5.41) is 0. The van der Waals surface area contributed by atoms with Crippen molar-refractivity contribution in [1.29, 1.82) is 0 Å². The van der Waals surface area contributed by atoms with Crippen molar-refractivity contribution in [2.24, 2.45) is 0 Å². The molecule has 1 aliphatic heterocycles. The highest BCUT2D eigenvalue weighted by atomic mass is 16.5. The summed E-state index contributed by atoms with van der Waals surface area (Å²) >= 11 is 0. The molecule has 1 aromatic carbocycles. The van der Waals surface area contributed by atoms with Crippen molar-refractivity contribution in [3.8, 4) is 5.75 Å². The quantitative estimate of drug-likeness (QED) is 0.763. The molecule has 2 heterocycles. The SMILES string of the molecule is COCCOc1cccc(C(=O)N2CCCC2c2ccncn2)c1. The third-order valence-corrected chi connectivity index (χ3v) is 4.10. The predicted octanol–water partition coefficient (Wildman–Crippen LogP) is 2.48. The maximum absolute atomic E-state index is 12.9. The van der Waals surface area contributed by atoms with Crippen LogP contribution in [0.15, 0.2) is 42.9 Å². The van der Waals surface area contributed by atoms with Crippen LogP contribution in [0.25, 0.3) is 0 Å². The van der Waals surface area contributed by atoms with Crippen molar-refractivity contribution in [3.63, 3.8) is 0 Å². The molecule has 0 saturated carbocycles. The van der Waals surface area contributed by atoms with E-state index in [-0.39, 0.29) is 11.9 Å². The Balaban J connectivity index is 1.74. The lowest BCUT2D eigenvalue weighted by Gasteiger charge is -2.24. The van der Waals surface area contributed by atoms with Gasteiger partial charge in [0.2, 0.25) is 0 Å². The number of methoxy groups -OCH3 is 1. The van der Waals surface area contributed by atoms with Gasteiger partial charge in [0.15, 0.2) is 0 Å². The average Bonchev–Trinajstić information content (AvgIpc) is 3.12. The molecule has 1 unspecified atom stereocenters. The molecule has 126 valence electrons. The average molecular weight is 327 g/mol. The molecule has 1 fully saturated rings. The molecule has 3 rings (SSSR count). The molecule has 1 atom stereocenters. The van der Waals surface area contributed by atoms with E-state index in [1.54, 1.807) is 19.4 Å². The Morgan fingerprint density at radius 1 is 1.33 bits per heavy atom. The van der Waals surface area contributed by atoms with E-state index < -0.39 is 0 Å². The third-order valence-electron chi connectivity index (χ3n) is 4.10. The first kappa shape index (κ1) is 16.4. The number of benzene rings is 1. The topological polar surface area (TPSA) is 64.6 Å². The molecule has 1 saturated heterocycles. The fourth-order valence-corrected chi connectivity index (χ4v) is 2.94. The summed E-state index contributed by atoms with van der Waals surface area (Å²) in [4.78, 5) is 23.1. The molecule has 0 radical (unpaired) electrons. The zero-order chi connectivity index (χ0) is 16.8. The van der Waals surface area contributed by atoms with Gasteiger partial charge in [-0.25, -0.2) is 9.97 Å². The second kappa shape index (κ2) is 7.88. The van der Waals surface area contributed by atoms with Gasteiger partial charge >= 0.3 is 0 Å². The standard InChI is InChI=1S/C18H21N3O3/c1-23-10-11-24-15-5-2-4-14(12-15)18(22)21-9-3-6-17(21)16-7-8-19-13-20-16/h2,4-5,7-8,12-13,17H,3,6,9-11H2,1H3. The van der Waals surface area contributed by atoms with Gasteiger partial charge in [-0.1, -0.05) is 6.07 Å². The van der Waals surface area contributed by atoms with Crippen molar-refractivity contribution < 1.29 is 14.3 Å². The van der Waals surface area contributed by atoms with Crippen LogP contribution in [-0.2, 0) is 4.74 Å². The number of likely N-dealkylation sites (tertiary alicyclic amines) is 1. The first-order valence-electron chi connectivity index (χ1n) is 8.08. The van der Waals surface area contributed by atoms with Gasteiger partial charge < -0.3 is 14.4 Å². The van der Waals surface area contributed by atoms with Gasteiger partial charge in [0.1, 0.15) is 18.7 Å². The van der Waals surface area contributed by atoms with Crippen LogP contribution in [0.5, 0.6) is 5.75 Å². The number of carbonyl (C=O) groups excluding carboxylic acids is 1. The van der Waals surface area contributed by atoms with Crippen molar-refractivity contribution in [2.75, 3.05) is 26.9 Å². The lowest BCUT2D eigenvalue weighted by Crippen LogP contribution is -2.31. The monoisotopic (exact) mass is 327 g/mol. The van der Waals surface area contributed by atoms with Gasteiger partial charge in [-0.15, -0.1) is 0 Å². The van der Waals surface area contributed by atoms with Gasteiger partial charge in [-0.05, 0) is 37.1 Å². The maximum atomic E-state index is 12.9. The number of ether oxygens (including phenoxy) is 2. The number of hydrogen-bond donors (Lipinski definition) is 0. The molecule has 6 nitrogen and oxygen atoms in total. The number of amides is 1. The molecular formula is C18H21N3O3. The summed E-state index contributed by atoms with van der Waals surface area (Å²) in [7, 11) is 1.63. The molecule has 6 heteroatoms. The second-order valence-corrected chi connectivity index (χ2v) is 5.66. The molecule has 0 aliphatic carbocycles. The molecule has 1 amide bonds. The summed E-state index contributed by atoms with van der Waals surface area (Å²) in [6.07, 6.45) is 5.14. The highest BCUT2D eigenvalue weighted by molar-refractivity contribution is 5.95.